The van der Waals surface area contributed by atoms with Gasteiger partial charge in [-0.1, -0.05) is 36.4 Å². The summed E-state index contributed by atoms with van der Waals surface area (Å²) in [5.74, 6) is -0.305. The molecular formula is C18H13F3N2OS. The van der Waals surface area contributed by atoms with E-state index >= 15 is 0 Å². The molecule has 0 bridgehead atoms. The first-order chi connectivity index (χ1) is 11.9. The zero-order chi connectivity index (χ0) is 18.0. The Morgan fingerprint density at radius 3 is 2.52 bits per heavy atom. The fourth-order valence-electron chi connectivity index (χ4n) is 2.44. The molecule has 7 heteroatoms. The zero-order valence-corrected chi connectivity index (χ0v) is 13.9. The summed E-state index contributed by atoms with van der Waals surface area (Å²) in [6.45, 7) is 0. The van der Waals surface area contributed by atoms with Gasteiger partial charge in [0.05, 0.1) is 5.56 Å². The molecule has 25 heavy (non-hydrogen) atoms. The van der Waals surface area contributed by atoms with Gasteiger partial charge in [0.2, 0.25) is 0 Å². The lowest BCUT2D eigenvalue weighted by Gasteiger charge is -2.13. The average molecular weight is 362 g/mol. The number of alkyl halides is 3. The summed E-state index contributed by atoms with van der Waals surface area (Å²) in [6, 6.07) is 12.2. The van der Waals surface area contributed by atoms with E-state index in [1.165, 1.54) is 30.5 Å². The van der Waals surface area contributed by atoms with Crippen molar-refractivity contribution in [2.75, 3.05) is 7.05 Å². The highest BCUT2D eigenvalue weighted by atomic mass is 32.1. The Balaban J connectivity index is 2.04. The van der Waals surface area contributed by atoms with Crippen LogP contribution in [0.25, 0.3) is 21.7 Å². The van der Waals surface area contributed by atoms with Crippen LogP contribution in [-0.2, 0) is 6.18 Å². The monoisotopic (exact) mass is 362 g/mol. The Hall–Kier alpha value is -2.67. The number of rotatable bonds is 3. The average Bonchev–Trinajstić information content (AvgIpc) is 3.10. The number of hydrogen-bond acceptors (Lipinski definition) is 3. The van der Waals surface area contributed by atoms with Gasteiger partial charge in [-0.05, 0) is 23.3 Å². The number of nitrogens with one attached hydrogen (secondary N) is 1. The lowest BCUT2D eigenvalue weighted by atomic mass is 9.98. The SMILES string of the molecule is CNC(=O)c1csc(-c2cccc(-c3ccccc3C(F)(F)F)c2)n1. The van der Waals surface area contributed by atoms with Gasteiger partial charge >= 0.3 is 6.18 Å². The van der Waals surface area contributed by atoms with Crippen LogP contribution >= 0.6 is 11.3 Å². The summed E-state index contributed by atoms with van der Waals surface area (Å²) >= 11 is 1.27. The van der Waals surface area contributed by atoms with E-state index in [2.05, 4.69) is 10.3 Å². The second-order valence-corrected chi connectivity index (χ2v) is 6.10. The molecule has 0 spiro atoms. The molecule has 0 fully saturated rings. The molecule has 0 saturated carbocycles. The normalized spacial score (nSPS) is 11.4. The van der Waals surface area contributed by atoms with Crippen LogP contribution < -0.4 is 5.32 Å². The third kappa shape index (κ3) is 3.56. The quantitative estimate of drug-likeness (QED) is 0.723. The van der Waals surface area contributed by atoms with Crippen molar-refractivity contribution < 1.29 is 18.0 Å². The minimum atomic E-state index is -4.43. The molecule has 2 aromatic carbocycles. The van der Waals surface area contributed by atoms with Gasteiger partial charge in [0, 0.05) is 18.0 Å². The number of benzene rings is 2. The lowest BCUT2D eigenvalue weighted by molar-refractivity contribution is -0.137. The van der Waals surface area contributed by atoms with Crippen LogP contribution in [0.4, 0.5) is 13.2 Å². The first-order valence-electron chi connectivity index (χ1n) is 7.35. The van der Waals surface area contributed by atoms with Crippen molar-refractivity contribution >= 4 is 17.2 Å². The van der Waals surface area contributed by atoms with Crippen molar-refractivity contribution in [2.24, 2.45) is 0 Å². The van der Waals surface area contributed by atoms with E-state index in [0.717, 1.165) is 6.07 Å². The molecule has 3 aromatic rings. The van der Waals surface area contributed by atoms with Gasteiger partial charge in [0.1, 0.15) is 10.7 Å². The second kappa shape index (κ2) is 6.68. The topological polar surface area (TPSA) is 42.0 Å². The maximum Gasteiger partial charge on any atom is 0.417 e. The van der Waals surface area contributed by atoms with Gasteiger partial charge < -0.3 is 5.32 Å². The van der Waals surface area contributed by atoms with Gasteiger partial charge in [0.15, 0.2) is 0 Å². The van der Waals surface area contributed by atoms with Crippen molar-refractivity contribution in [3.8, 4) is 21.7 Å². The predicted molar refractivity (Wildman–Crippen MR) is 91.4 cm³/mol. The van der Waals surface area contributed by atoms with Crippen molar-refractivity contribution in [2.45, 2.75) is 6.18 Å². The van der Waals surface area contributed by atoms with E-state index in [1.54, 1.807) is 35.7 Å². The minimum Gasteiger partial charge on any atom is -0.354 e. The highest BCUT2D eigenvalue weighted by Gasteiger charge is 2.33. The van der Waals surface area contributed by atoms with Crippen LogP contribution in [0.15, 0.2) is 53.9 Å². The molecule has 0 radical (unpaired) electrons. The van der Waals surface area contributed by atoms with Crippen LogP contribution in [0.5, 0.6) is 0 Å². The first-order valence-corrected chi connectivity index (χ1v) is 8.23. The van der Waals surface area contributed by atoms with E-state index in [9.17, 15) is 18.0 Å². The van der Waals surface area contributed by atoms with Crippen molar-refractivity contribution in [3.63, 3.8) is 0 Å². The first kappa shape index (κ1) is 17.2. The lowest BCUT2D eigenvalue weighted by Crippen LogP contribution is -2.17. The second-order valence-electron chi connectivity index (χ2n) is 5.24. The molecule has 128 valence electrons. The van der Waals surface area contributed by atoms with Crippen LogP contribution in [0.1, 0.15) is 16.1 Å². The van der Waals surface area contributed by atoms with Gasteiger partial charge in [-0.3, -0.25) is 4.79 Å². The molecule has 0 atom stereocenters. The fourth-order valence-corrected chi connectivity index (χ4v) is 3.24. The molecule has 0 unspecified atom stereocenters. The summed E-state index contributed by atoms with van der Waals surface area (Å²) in [6.07, 6.45) is -4.43. The molecule has 0 aliphatic heterocycles. The summed E-state index contributed by atoms with van der Waals surface area (Å²) in [7, 11) is 1.51. The van der Waals surface area contributed by atoms with Crippen molar-refractivity contribution in [1.82, 2.24) is 10.3 Å². The van der Waals surface area contributed by atoms with E-state index in [-0.39, 0.29) is 17.2 Å². The van der Waals surface area contributed by atoms with Gasteiger partial charge in [-0.15, -0.1) is 11.3 Å². The molecule has 0 aliphatic rings. The summed E-state index contributed by atoms with van der Waals surface area (Å²) in [5.41, 5.74) is 0.817. The molecule has 0 aliphatic carbocycles. The molecule has 1 aromatic heterocycles. The number of amides is 1. The van der Waals surface area contributed by atoms with Crippen LogP contribution in [0, 0.1) is 0 Å². The third-order valence-electron chi connectivity index (χ3n) is 3.62. The number of nitrogens with zero attached hydrogens (tertiary/aromatic N) is 1. The fraction of sp³-hybridized carbons (Fsp3) is 0.111. The van der Waals surface area contributed by atoms with Gasteiger partial charge in [0.25, 0.3) is 5.91 Å². The van der Waals surface area contributed by atoms with Gasteiger partial charge in [-0.25, -0.2) is 4.98 Å². The summed E-state index contributed by atoms with van der Waals surface area (Å²) in [4.78, 5) is 15.9. The zero-order valence-electron chi connectivity index (χ0n) is 13.1. The van der Waals surface area contributed by atoms with E-state index < -0.39 is 11.7 Å². The van der Waals surface area contributed by atoms with E-state index in [0.29, 0.717) is 16.1 Å². The highest BCUT2D eigenvalue weighted by molar-refractivity contribution is 7.13. The number of thiazole rings is 1. The van der Waals surface area contributed by atoms with Crippen LogP contribution in [0.3, 0.4) is 0 Å². The minimum absolute atomic E-state index is 0.111. The predicted octanol–water partition coefficient (Wildman–Crippen LogP) is 4.86. The summed E-state index contributed by atoms with van der Waals surface area (Å²) < 4.78 is 39.7. The van der Waals surface area contributed by atoms with Crippen molar-refractivity contribution in [1.29, 1.82) is 0 Å². The third-order valence-corrected chi connectivity index (χ3v) is 4.51. The number of hydrogen-bond donors (Lipinski definition) is 1. The smallest absolute Gasteiger partial charge is 0.354 e. The molecule has 1 N–H and O–H groups in total. The Bertz CT molecular complexity index is 918. The van der Waals surface area contributed by atoms with Gasteiger partial charge in [-0.2, -0.15) is 13.2 Å². The van der Waals surface area contributed by atoms with E-state index in [1.807, 2.05) is 0 Å². The van der Waals surface area contributed by atoms with Crippen LogP contribution in [-0.4, -0.2) is 17.9 Å². The number of halogens is 3. The number of aromatic nitrogens is 1. The molecule has 1 heterocycles. The maximum atomic E-state index is 13.2. The Kier molecular flexibility index (Phi) is 4.59. The molecule has 1 amide bonds. The largest absolute Gasteiger partial charge is 0.417 e. The highest BCUT2D eigenvalue weighted by Crippen LogP contribution is 2.38. The van der Waals surface area contributed by atoms with Crippen molar-refractivity contribution in [3.05, 3.63) is 65.2 Å². The standard InChI is InChI=1S/C18H13F3N2OS/c1-22-16(24)15-10-25-17(23-15)12-6-4-5-11(9-12)13-7-2-3-8-14(13)18(19,20)21/h2-10H,1H3,(H,22,24). The molecular weight excluding hydrogens is 349 g/mol. The Labute approximate surface area is 146 Å². The molecule has 3 rings (SSSR count). The van der Waals surface area contributed by atoms with E-state index in [4.69, 9.17) is 0 Å². The number of carbonyl (C=O) groups is 1. The Morgan fingerprint density at radius 1 is 1.08 bits per heavy atom. The van der Waals surface area contributed by atoms with Crippen LogP contribution in [0.2, 0.25) is 0 Å². The maximum absolute atomic E-state index is 13.2. The molecule has 0 saturated heterocycles. The molecule has 3 nitrogen and oxygen atoms in total. The number of carbonyl (C=O) groups excluding carboxylic acids is 1. The summed E-state index contributed by atoms with van der Waals surface area (Å²) in [5, 5.41) is 4.68. The Morgan fingerprint density at radius 2 is 1.80 bits per heavy atom.